The maximum Gasteiger partial charge on any atom is 0.343 e. The Balaban J connectivity index is 1.88. The zero-order chi connectivity index (χ0) is 25.5. The first kappa shape index (κ1) is 26.1. The van der Waals surface area contributed by atoms with Crippen LogP contribution in [-0.2, 0) is 9.53 Å². The van der Waals surface area contributed by atoms with Crippen molar-refractivity contribution in [3.05, 3.63) is 53.1 Å². The first-order valence-corrected chi connectivity index (χ1v) is 11.2. The van der Waals surface area contributed by atoms with E-state index in [-0.39, 0.29) is 29.6 Å². The second-order valence-electron chi connectivity index (χ2n) is 8.28. The predicted molar refractivity (Wildman–Crippen MR) is 129 cm³/mol. The minimum absolute atomic E-state index is 0.00343. The average Bonchev–Trinajstić information content (AvgIpc) is 2.86. The smallest absolute Gasteiger partial charge is 0.343 e. The summed E-state index contributed by atoms with van der Waals surface area (Å²) in [4.78, 5) is 26.4. The Labute approximate surface area is 204 Å². The summed E-state index contributed by atoms with van der Waals surface area (Å²) in [6.45, 7) is 1.03. The number of allylic oxidation sites excluding steroid dienone is 1. The minimum Gasteiger partial charge on any atom is -0.507 e. The highest BCUT2D eigenvalue weighted by Gasteiger charge is 2.35. The molecule has 1 saturated heterocycles. The number of ether oxygens (including phenoxy) is 4. The predicted octanol–water partition coefficient (Wildman–Crippen LogP) is 2.64. The van der Waals surface area contributed by atoms with Gasteiger partial charge in [0.2, 0.25) is 0 Å². The zero-order valence-electron chi connectivity index (χ0n) is 20.3. The molecule has 9 heteroatoms. The number of esters is 1. The normalized spacial score (nSPS) is 18.3. The monoisotopic (exact) mass is 485 g/mol. The van der Waals surface area contributed by atoms with E-state index in [4.69, 9.17) is 14.2 Å². The van der Waals surface area contributed by atoms with E-state index in [2.05, 4.69) is 4.74 Å². The molecule has 0 aromatic heterocycles. The van der Waals surface area contributed by atoms with Gasteiger partial charge in [0.1, 0.15) is 28.6 Å². The van der Waals surface area contributed by atoms with Gasteiger partial charge in [-0.25, -0.2) is 4.79 Å². The number of likely N-dealkylation sites (N-methyl/N-ethyl adjacent to an activating group) is 1. The van der Waals surface area contributed by atoms with Crippen molar-refractivity contribution in [3.8, 4) is 23.0 Å². The summed E-state index contributed by atoms with van der Waals surface area (Å²) >= 11 is 0. The molecule has 0 amide bonds. The largest absolute Gasteiger partial charge is 0.507 e. The molecular weight excluding hydrogens is 454 g/mol. The van der Waals surface area contributed by atoms with Crippen molar-refractivity contribution < 1.29 is 38.7 Å². The lowest BCUT2D eigenvalue weighted by Gasteiger charge is -2.35. The van der Waals surface area contributed by atoms with Gasteiger partial charge in [-0.3, -0.25) is 4.79 Å². The van der Waals surface area contributed by atoms with Crippen LogP contribution in [0.4, 0.5) is 0 Å². The molecule has 2 aromatic rings. The summed E-state index contributed by atoms with van der Waals surface area (Å²) in [7, 11) is 6.11. The van der Waals surface area contributed by atoms with Crippen LogP contribution in [0.5, 0.6) is 23.0 Å². The van der Waals surface area contributed by atoms with E-state index in [1.807, 2.05) is 11.9 Å². The van der Waals surface area contributed by atoms with E-state index in [0.29, 0.717) is 35.6 Å². The van der Waals surface area contributed by atoms with Gasteiger partial charge in [0.25, 0.3) is 0 Å². The Hall–Kier alpha value is -3.56. The molecule has 2 aromatic carbocycles. The van der Waals surface area contributed by atoms with E-state index < -0.39 is 17.9 Å². The molecule has 2 atom stereocenters. The van der Waals surface area contributed by atoms with Crippen molar-refractivity contribution in [2.45, 2.75) is 18.4 Å². The minimum atomic E-state index is -0.681. The van der Waals surface area contributed by atoms with Crippen LogP contribution in [-0.4, -0.2) is 81.0 Å². The summed E-state index contributed by atoms with van der Waals surface area (Å²) in [6, 6.07) is 8.16. The molecule has 1 heterocycles. The number of aliphatic hydroxyl groups excluding tert-OH is 1. The lowest BCUT2D eigenvalue weighted by Crippen LogP contribution is -2.40. The number of carbonyl (C=O) groups excluding carboxylic acids is 2. The first-order chi connectivity index (χ1) is 16.8. The Morgan fingerprint density at radius 1 is 1.14 bits per heavy atom. The maximum absolute atomic E-state index is 13.1. The average molecular weight is 486 g/mol. The number of piperidine rings is 1. The van der Waals surface area contributed by atoms with Gasteiger partial charge in [0, 0.05) is 24.1 Å². The fourth-order valence-electron chi connectivity index (χ4n) is 4.17. The summed E-state index contributed by atoms with van der Waals surface area (Å²) < 4.78 is 20.9. The topological polar surface area (TPSA) is 115 Å². The number of β-amino-alcohol motifs (C(OH)–C–C–N with tert-alkyl or cyclic N) is 1. The third-order valence-corrected chi connectivity index (χ3v) is 5.98. The number of likely N-dealkylation sites (tertiary alicyclic amines) is 1. The lowest BCUT2D eigenvalue weighted by molar-refractivity contribution is -0.142. The number of nitrogens with zero attached hydrogens (tertiary/aromatic N) is 1. The van der Waals surface area contributed by atoms with Crippen LogP contribution in [0.15, 0.2) is 36.4 Å². The highest BCUT2D eigenvalue weighted by Crippen LogP contribution is 2.46. The molecule has 35 heavy (non-hydrogen) atoms. The van der Waals surface area contributed by atoms with E-state index in [9.17, 15) is 19.8 Å². The van der Waals surface area contributed by atoms with Gasteiger partial charge < -0.3 is 34.1 Å². The fraction of sp³-hybridized carbons (Fsp3) is 0.385. The number of methoxy groups -OCH3 is 3. The Morgan fingerprint density at radius 3 is 2.46 bits per heavy atom. The third kappa shape index (κ3) is 6.12. The third-order valence-electron chi connectivity index (χ3n) is 5.98. The van der Waals surface area contributed by atoms with Crippen LogP contribution in [0.3, 0.4) is 0 Å². The second-order valence-corrected chi connectivity index (χ2v) is 8.28. The first-order valence-electron chi connectivity index (χ1n) is 11.2. The zero-order valence-corrected chi connectivity index (χ0v) is 20.3. The summed E-state index contributed by atoms with van der Waals surface area (Å²) in [6.07, 6.45) is 2.89. The SMILES string of the molecule is COC(=O)COc1ccc(/C=C/C(=O)c2c(O)cc(OC)c(C3CCN(C)CC3O)c2OC)cc1. The Kier molecular flexibility index (Phi) is 8.73. The second kappa shape index (κ2) is 11.7. The van der Waals surface area contributed by atoms with Crippen molar-refractivity contribution in [2.24, 2.45) is 0 Å². The van der Waals surface area contributed by atoms with Gasteiger partial charge in [0.05, 0.1) is 27.4 Å². The molecule has 2 unspecified atom stereocenters. The van der Waals surface area contributed by atoms with E-state index in [1.54, 1.807) is 30.3 Å². The van der Waals surface area contributed by atoms with Crippen molar-refractivity contribution >= 4 is 17.8 Å². The van der Waals surface area contributed by atoms with Crippen LogP contribution in [0.1, 0.15) is 33.8 Å². The van der Waals surface area contributed by atoms with Gasteiger partial charge in [0.15, 0.2) is 12.4 Å². The number of carbonyl (C=O) groups is 2. The fourth-order valence-corrected chi connectivity index (χ4v) is 4.17. The number of benzene rings is 2. The number of aromatic hydroxyl groups is 1. The molecule has 1 aliphatic heterocycles. The number of phenols is 1. The van der Waals surface area contributed by atoms with Gasteiger partial charge in [-0.2, -0.15) is 0 Å². The molecule has 1 aliphatic rings. The quantitative estimate of drug-likeness (QED) is 0.314. The molecular formula is C26H31NO8. The molecule has 2 N–H and O–H groups in total. The summed E-state index contributed by atoms with van der Waals surface area (Å²) in [5, 5.41) is 21.4. The molecule has 0 saturated carbocycles. The number of hydrogen-bond acceptors (Lipinski definition) is 9. The van der Waals surface area contributed by atoms with Crippen LogP contribution in [0.2, 0.25) is 0 Å². The van der Waals surface area contributed by atoms with Crippen molar-refractivity contribution in [3.63, 3.8) is 0 Å². The summed E-state index contributed by atoms with van der Waals surface area (Å²) in [5.41, 5.74) is 1.28. The maximum atomic E-state index is 13.1. The van der Waals surface area contributed by atoms with Crippen LogP contribution >= 0.6 is 0 Å². The molecule has 0 aliphatic carbocycles. The van der Waals surface area contributed by atoms with Gasteiger partial charge in [-0.1, -0.05) is 18.2 Å². The number of hydrogen-bond donors (Lipinski definition) is 2. The molecule has 3 rings (SSSR count). The molecule has 0 radical (unpaired) electrons. The molecule has 188 valence electrons. The standard InChI is InChI=1S/C26H31NO8/c1-27-12-11-18(21(30)14-27)24-22(32-2)13-20(29)25(26(24)34-4)19(28)10-7-16-5-8-17(9-6-16)35-15-23(31)33-3/h5-10,13,18,21,29-30H,11-12,14-15H2,1-4H3/b10-7+. The number of phenolic OH excluding ortho intramolecular Hbond substituents is 1. The highest BCUT2D eigenvalue weighted by molar-refractivity contribution is 6.11. The highest BCUT2D eigenvalue weighted by atomic mass is 16.6. The van der Waals surface area contributed by atoms with Gasteiger partial charge in [-0.15, -0.1) is 0 Å². The van der Waals surface area contributed by atoms with E-state index in [0.717, 1.165) is 6.54 Å². The Bertz CT molecular complexity index is 1080. The molecule has 1 fully saturated rings. The lowest BCUT2D eigenvalue weighted by atomic mass is 9.84. The van der Waals surface area contributed by atoms with Crippen molar-refractivity contribution in [1.82, 2.24) is 4.90 Å². The van der Waals surface area contributed by atoms with Crippen molar-refractivity contribution in [2.75, 3.05) is 48.1 Å². The molecule has 0 spiro atoms. The van der Waals surface area contributed by atoms with Crippen LogP contribution < -0.4 is 14.2 Å². The summed E-state index contributed by atoms with van der Waals surface area (Å²) in [5.74, 6) is -0.505. The number of ketones is 1. The van der Waals surface area contributed by atoms with E-state index >= 15 is 0 Å². The van der Waals surface area contributed by atoms with Gasteiger partial charge >= 0.3 is 5.97 Å². The van der Waals surface area contributed by atoms with E-state index in [1.165, 1.54) is 33.5 Å². The van der Waals surface area contributed by atoms with Crippen LogP contribution in [0, 0.1) is 0 Å². The number of rotatable bonds is 9. The molecule has 9 nitrogen and oxygen atoms in total. The molecule has 0 bridgehead atoms. The number of aliphatic hydroxyl groups is 1. The van der Waals surface area contributed by atoms with Crippen molar-refractivity contribution in [1.29, 1.82) is 0 Å². The van der Waals surface area contributed by atoms with Gasteiger partial charge in [-0.05, 0) is 43.8 Å². The van der Waals surface area contributed by atoms with Crippen LogP contribution in [0.25, 0.3) is 6.08 Å². The Morgan fingerprint density at radius 2 is 1.86 bits per heavy atom.